The van der Waals surface area contributed by atoms with Gasteiger partial charge in [0.1, 0.15) is 9.71 Å². The zero-order chi connectivity index (χ0) is 18.4. The van der Waals surface area contributed by atoms with Crippen LogP contribution in [0.5, 0.6) is 0 Å². The molecular weight excluding hydrogens is 342 g/mol. The Morgan fingerprint density at radius 2 is 1.77 bits per heavy atom. The number of thiophene rings is 1. The Bertz CT molecular complexity index is 1180. The highest BCUT2D eigenvalue weighted by atomic mass is 32.1. The van der Waals surface area contributed by atoms with Crippen LogP contribution < -0.4 is 11.1 Å². The van der Waals surface area contributed by atoms with Gasteiger partial charge in [0.2, 0.25) is 0 Å². The fourth-order valence-electron chi connectivity index (χ4n) is 3.19. The number of aryl methyl sites for hydroxylation is 2. The number of rotatable bonds is 2. The number of hydrogen-bond acceptors (Lipinski definition) is 4. The van der Waals surface area contributed by atoms with Gasteiger partial charge in [0.15, 0.2) is 0 Å². The van der Waals surface area contributed by atoms with E-state index in [0.717, 1.165) is 43.5 Å². The van der Waals surface area contributed by atoms with Crippen LogP contribution >= 0.6 is 11.3 Å². The van der Waals surface area contributed by atoms with Gasteiger partial charge in [-0.15, -0.1) is 11.3 Å². The molecule has 0 fully saturated rings. The summed E-state index contributed by atoms with van der Waals surface area (Å²) in [5.74, 6) is -0.199. The molecule has 0 spiro atoms. The van der Waals surface area contributed by atoms with Gasteiger partial charge in [-0.05, 0) is 54.8 Å². The van der Waals surface area contributed by atoms with Crippen LogP contribution in [0, 0.1) is 20.8 Å². The van der Waals surface area contributed by atoms with Crippen molar-refractivity contribution < 1.29 is 4.79 Å². The molecule has 0 saturated heterocycles. The number of amides is 1. The summed E-state index contributed by atoms with van der Waals surface area (Å²) in [6, 6.07) is 13.9. The van der Waals surface area contributed by atoms with Gasteiger partial charge < -0.3 is 11.1 Å². The summed E-state index contributed by atoms with van der Waals surface area (Å²) in [5, 5.41) is 6.07. The molecular formula is C21H19N3OS. The molecule has 0 aliphatic heterocycles. The number of nitrogens with zero attached hydrogens (tertiary/aromatic N) is 1. The lowest BCUT2D eigenvalue weighted by Crippen LogP contribution is -2.11. The normalized spacial score (nSPS) is 11.2. The summed E-state index contributed by atoms with van der Waals surface area (Å²) >= 11 is 1.34. The van der Waals surface area contributed by atoms with Crippen molar-refractivity contribution in [3.8, 4) is 0 Å². The minimum Gasteiger partial charge on any atom is -0.397 e. The van der Waals surface area contributed by atoms with Crippen molar-refractivity contribution in [1.82, 2.24) is 4.98 Å². The maximum Gasteiger partial charge on any atom is 0.267 e. The smallest absolute Gasteiger partial charge is 0.267 e. The third kappa shape index (κ3) is 2.61. The van der Waals surface area contributed by atoms with Gasteiger partial charge in [0.05, 0.1) is 5.69 Å². The minimum absolute atomic E-state index is 0.199. The molecule has 0 aliphatic carbocycles. The van der Waals surface area contributed by atoms with Crippen LogP contribution in [-0.4, -0.2) is 10.9 Å². The number of nitrogens with two attached hydrogens (primary N) is 1. The molecule has 2 heterocycles. The fraction of sp³-hybridized carbons (Fsp3) is 0.143. The van der Waals surface area contributed by atoms with Crippen molar-refractivity contribution >= 4 is 49.6 Å². The van der Waals surface area contributed by atoms with Crippen molar-refractivity contribution in [3.63, 3.8) is 0 Å². The summed E-state index contributed by atoms with van der Waals surface area (Å²) < 4.78 is 0. The lowest BCUT2D eigenvalue weighted by atomic mass is 10.1. The molecule has 130 valence electrons. The lowest BCUT2D eigenvalue weighted by Gasteiger charge is -2.07. The Balaban J connectivity index is 1.73. The highest BCUT2D eigenvalue weighted by Gasteiger charge is 2.20. The number of nitrogen functional groups attached to an aromatic ring is 1. The molecule has 0 unspecified atom stereocenters. The Hall–Kier alpha value is -2.92. The molecule has 4 aromatic rings. The number of carbonyl (C=O) groups excluding carboxylic acids is 1. The summed E-state index contributed by atoms with van der Waals surface area (Å²) in [7, 11) is 0. The van der Waals surface area contributed by atoms with Gasteiger partial charge in [0.25, 0.3) is 5.91 Å². The van der Waals surface area contributed by atoms with Crippen molar-refractivity contribution in [1.29, 1.82) is 0 Å². The first-order valence-corrected chi connectivity index (χ1v) is 9.23. The van der Waals surface area contributed by atoms with Gasteiger partial charge >= 0.3 is 0 Å². The van der Waals surface area contributed by atoms with E-state index in [0.29, 0.717) is 10.6 Å². The minimum atomic E-state index is -0.199. The van der Waals surface area contributed by atoms with Crippen LogP contribution in [0.15, 0.2) is 42.5 Å². The SMILES string of the molecule is Cc1nc2sc(C(=O)Nc3ccc4ccccc4c3)c(N)c2c(C)c1C. The van der Waals surface area contributed by atoms with Crippen LogP contribution in [0.25, 0.3) is 21.0 Å². The van der Waals surface area contributed by atoms with Crippen molar-refractivity contribution in [2.75, 3.05) is 11.1 Å². The van der Waals surface area contributed by atoms with E-state index in [1.807, 2.05) is 63.2 Å². The van der Waals surface area contributed by atoms with Crippen LogP contribution in [0.4, 0.5) is 11.4 Å². The molecule has 4 nitrogen and oxygen atoms in total. The first kappa shape index (κ1) is 16.5. The average Bonchev–Trinajstić information content (AvgIpc) is 2.96. The number of nitrogens with one attached hydrogen (secondary N) is 1. The number of hydrogen-bond donors (Lipinski definition) is 2. The van der Waals surface area contributed by atoms with Crippen LogP contribution in [0.3, 0.4) is 0 Å². The molecule has 26 heavy (non-hydrogen) atoms. The Morgan fingerprint density at radius 3 is 2.54 bits per heavy atom. The van der Waals surface area contributed by atoms with Gasteiger partial charge in [-0.1, -0.05) is 30.3 Å². The van der Waals surface area contributed by atoms with E-state index in [1.165, 1.54) is 11.3 Å². The Kier molecular flexibility index (Phi) is 3.89. The van der Waals surface area contributed by atoms with Gasteiger partial charge in [0, 0.05) is 16.8 Å². The summed E-state index contributed by atoms with van der Waals surface area (Å²) in [6.45, 7) is 6.04. The summed E-state index contributed by atoms with van der Waals surface area (Å²) in [5.41, 5.74) is 10.7. The molecule has 5 heteroatoms. The number of benzene rings is 2. The summed E-state index contributed by atoms with van der Waals surface area (Å²) in [6.07, 6.45) is 0. The van der Waals surface area contributed by atoms with E-state index in [-0.39, 0.29) is 5.91 Å². The van der Waals surface area contributed by atoms with E-state index in [2.05, 4.69) is 10.3 Å². The molecule has 0 bridgehead atoms. The van der Waals surface area contributed by atoms with Crippen LogP contribution in [-0.2, 0) is 0 Å². The monoisotopic (exact) mass is 361 g/mol. The molecule has 0 atom stereocenters. The zero-order valence-corrected chi connectivity index (χ0v) is 15.7. The third-order valence-electron chi connectivity index (χ3n) is 4.89. The molecule has 2 aromatic carbocycles. The standard InChI is InChI=1S/C21H19N3OS/c1-11-12(2)17-18(22)19(26-21(17)23-13(11)3)20(25)24-16-9-8-14-6-4-5-7-15(14)10-16/h4-10H,22H2,1-3H3,(H,24,25). The second-order valence-corrected chi connectivity index (χ2v) is 7.49. The molecule has 4 rings (SSSR count). The van der Waals surface area contributed by atoms with E-state index in [4.69, 9.17) is 5.73 Å². The highest BCUT2D eigenvalue weighted by molar-refractivity contribution is 7.21. The van der Waals surface area contributed by atoms with Crippen molar-refractivity contribution in [2.24, 2.45) is 0 Å². The van der Waals surface area contributed by atoms with E-state index < -0.39 is 0 Å². The van der Waals surface area contributed by atoms with Crippen LogP contribution in [0.2, 0.25) is 0 Å². The van der Waals surface area contributed by atoms with Crippen molar-refractivity contribution in [3.05, 3.63) is 64.2 Å². The predicted octanol–water partition coefficient (Wildman–Crippen LogP) is 5.21. The maximum absolute atomic E-state index is 12.8. The molecule has 0 aliphatic rings. The molecule has 1 amide bonds. The highest BCUT2D eigenvalue weighted by Crippen LogP contribution is 2.37. The fourth-order valence-corrected chi connectivity index (χ4v) is 4.29. The lowest BCUT2D eigenvalue weighted by molar-refractivity contribution is 0.103. The topological polar surface area (TPSA) is 68.0 Å². The number of fused-ring (bicyclic) bond motifs is 2. The molecule has 0 saturated carbocycles. The Morgan fingerprint density at radius 1 is 1.04 bits per heavy atom. The van der Waals surface area contributed by atoms with E-state index >= 15 is 0 Å². The van der Waals surface area contributed by atoms with Gasteiger partial charge in [-0.2, -0.15) is 0 Å². The van der Waals surface area contributed by atoms with E-state index in [9.17, 15) is 4.79 Å². The summed E-state index contributed by atoms with van der Waals surface area (Å²) in [4.78, 5) is 18.7. The molecule has 2 aromatic heterocycles. The van der Waals surface area contributed by atoms with Crippen LogP contribution in [0.1, 0.15) is 26.5 Å². The Labute approximate surface area is 155 Å². The predicted molar refractivity (Wildman–Crippen MR) is 110 cm³/mol. The van der Waals surface area contributed by atoms with Crippen molar-refractivity contribution in [2.45, 2.75) is 20.8 Å². The second-order valence-electron chi connectivity index (χ2n) is 6.49. The van der Waals surface area contributed by atoms with Gasteiger partial charge in [-0.25, -0.2) is 4.98 Å². The first-order chi connectivity index (χ1) is 12.5. The molecule has 3 N–H and O–H groups in total. The first-order valence-electron chi connectivity index (χ1n) is 8.41. The second kappa shape index (κ2) is 6.11. The largest absolute Gasteiger partial charge is 0.397 e. The van der Waals surface area contributed by atoms with E-state index in [1.54, 1.807) is 0 Å². The quantitative estimate of drug-likeness (QED) is 0.515. The zero-order valence-electron chi connectivity index (χ0n) is 14.9. The maximum atomic E-state index is 12.8. The molecule has 0 radical (unpaired) electrons. The number of aromatic nitrogens is 1. The average molecular weight is 361 g/mol. The number of anilines is 2. The number of carbonyl (C=O) groups is 1. The third-order valence-corrected chi connectivity index (χ3v) is 5.99. The van der Waals surface area contributed by atoms with Gasteiger partial charge in [-0.3, -0.25) is 4.79 Å². The number of pyridine rings is 1.